The Morgan fingerprint density at radius 3 is 1.24 bits per heavy atom. The van der Waals surface area contributed by atoms with Crippen LogP contribution in [0.1, 0.15) is 226 Å². The normalized spacial score (nSPS) is 12.5. The molecule has 0 rings (SSSR count). The number of hydrogen-bond acceptors (Lipinski definition) is 6. The highest BCUT2D eigenvalue weighted by atomic mass is 31.2. The van der Waals surface area contributed by atoms with Gasteiger partial charge in [0.1, 0.15) is 6.61 Å². The van der Waals surface area contributed by atoms with Crippen LogP contribution < -0.4 is 0 Å². The lowest BCUT2D eigenvalue weighted by molar-refractivity contribution is -0.161. The molecule has 0 fully saturated rings. The molecule has 0 heterocycles. The summed E-state index contributed by atoms with van der Waals surface area (Å²) in [6, 6.07) is 0. The molecule has 302 valence electrons. The van der Waals surface area contributed by atoms with Crippen LogP contribution in [-0.2, 0) is 28.2 Å². The summed E-state index contributed by atoms with van der Waals surface area (Å²) in [5, 5.41) is 0. The predicted octanol–water partition coefficient (Wildman–Crippen LogP) is 13.0. The fourth-order valence-electron chi connectivity index (χ4n) is 6.31. The molecule has 0 aliphatic heterocycles. The van der Waals surface area contributed by atoms with E-state index in [9.17, 15) is 14.2 Å². The number of ether oxygens (including phenoxy) is 2. The summed E-state index contributed by atoms with van der Waals surface area (Å²) in [4.78, 5) is 42.8. The molecule has 0 aliphatic rings. The van der Waals surface area contributed by atoms with E-state index in [4.69, 9.17) is 19.3 Å². The summed E-state index contributed by atoms with van der Waals surface area (Å²) in [5.41, 5.74) is 0. The van der Waals surface area contributed by atoms with Crippen molar-refractivity contribution in [3.8, 4) is 0 Å². The molecule has 0 saturated carbocycles. The van der Waals surface area contributed by atoms with Crippen LogP contribution in [0.4, 0.5) is 0 Å². The van der Waals surface area contributed by atoms with Gasteiger partial charge in [0.25, 0.3) is 0 Å². The van der Waals surface area contributed by atoms with E-state index in [1.54, 1.807) is 0 Å². The quantitative estimate of drug-likeness (QED) is 0.0275. The Morgan fingerprint density at radius 2 is 0.824 bits per heavy atom. The minimum Gasteiger partial charge on any atom is -0.462 e. The zero-order chi connectivity index (χ0) is 37.5. The Balaban J connectivity index is 3.81. The van der Waals surface area contributed by atoms with Crippen molar-refractivity contribution in [2.45, 2.75) is 232 Å². The van der Waals surface area contributed by atoms with Crippen molar-refractivity contribution in [1.29, 1.82) is 0 Å². The molecule has 2 N–H and O–H groups in total. The zero-order valence-corrected chi connectivity index (χ0v) is 34.2. The lowest BCUT2D eigenvalue weighted by Gasteiger charge is -2.18. The van der Waals surface area contributed by atoms with Crippen molar-refractivity contribution in [3.63, 3.8) is 0 Å². The molecule has 0 radical (unpaired) electrons. The third-order valence-corrected chi connectivity index (χ3v) is 10.0. The first-order valence-corrected chi connectivity index (χ1v) is 23.0. The number of carbonyl (C=O) groups is 2. The van der Waals surface area contributed by atoms with E-state index in [0.29, 0.717) is 6.42 Å². The summed E-state index contributed by atoms with van der Waals surface area (Å²) in [7, 11) is -4.75. The van der Waals surface area contributed by atoms with Gasteiger partial charge in [0, 0.05) is 12.8 Å². The van der Waals surface area contributed by atoms with Gasteiger partial charge in [-0.05, 0) is 38.5 Å². The first kappa shape index (κ1) is 49.8. The second-order valence-corrected chi connectivity index (χ2v) is 15.9. The largest absolute Gasteiger partial charge is 0.469 e. The highest BCUT2D eigenvalue weighted by molar-refractivity contribution is 7.46. The Bertz CT molecular complexity index is 843. The number of phosphoric acid groups is 1. The Morgan fingerprint density at radius 1 is 0.490 bits per heavy atom. The van der Waals surface area contributed by atoms with Gasteiger partial charge in [0.2, 0.25) is 0 Å². The maximum atomic E-state index is 12.4. The molecule has 0 amide bonds. The van der Waals surface area contributed by atoms with Gasteiger partial charge < -0.3 is 19.3 Å². The van der Waals surface area contributed by atoms with E-state index in [0.717, 1.165) is 57.8 Å². The predicted molar refractivity (Wildman–Crippen MR) is 212 cm³/mol. The van der Waals surface area contributed by atoms with Gasteiger partial charge in [-0.15, -0.1) is 0 Å². The minimum atomic E-state index is -4.75. The van der Waals surface area contributed by atoms with Crippen LogP contribution in [0.2, 0.25) is 0 Å². The second-order valence-electron chi connectivity index (χ2n) is 14.7. The number of esters is 2. The molecular formula is C42H81O8P. The molecule has 0 aromatic carbocycles. The van der Waals surface area contributed by atoms with Gasteiger partial charge in [-0.2, -0.15) is 0 Å². The van der Waals surface area contributed by atoms with E-state index < -0.39 is 32.5 Å². The van der Waals surface area contributed by atoms with Crippen molar-refractivity contribution in [3.05, 3.63) is 12.2 Å². The minimum absolute atomic E-state index is 0.205. The molecule has 0 aliphatic carbocycles. The van der Waals surface area contributed by atoms with Crippen LogP contribution >= 0.6 is 7.82 Å². The van der Waals surface area contributed by atoms with E-state index in [1.807, 2.05) is 0 Å². The smallest absolute Gasteiger partial charge is 0.462 e. The monoisotopic (exact) mass is 745 g/mol. The molecule has 0 aromatic heterocycles. The number of unbranched alkanes of at least 4 members (excludes halogenated alkanes) is 28. The lowest BCUT2D eigenvalue weighted by atomic mass is 10.0. The molecule has 1 atom stereocenters. The summed E-state index contributed by atoms with van der Waals surface area (Å²) < 4.78 is 26.4. The van der Waals surface area contributed by atoms with Crippen molar-refractivity contribution in [2.75, 3.05) is 13.2 Å². The Hall–Kier alpha value is -1.21. The average Bonchev–Trinajstić information content (AvgIpc) is 3.10. The zero-order valence-electron chi connectivity index (χ0n) is 33.3. The second kappa shape index (κ2) is 38.5. The van der Waals surface area contributed by atoms with E-state index in [1.165, 1.54) is 135 Å². The standard InChI is InChI=1S/C42H81O8P/c1-3-5-7-9-11-13-15-17-18-19-20-21-22-23-24-25-27-28-30-32-34-36-41(43)48-38-40(39-49-51(45,46)47)50-42(44)37-35-33-31-29-26-16-14-12-10-8-6-4-2/h12,14,40H,3-11,13,15-39H2,1-2H3,(H2,45,46,47)/b14-12+/t40-/m1/s1. The van der Waals surface area contributed by atoms with Gasteiger partial charge in [-0.1, -0.05) is 187 Å². The third kappa shape index (κ3) is 41.4. The van der Waals surface area contributed by atoms with Crippen molar-refractivity contribution < 1.29 is 37.9 Å². The molecule has 0 spiro atoms. The maximum absolute atomic E-state index is 12.4. The number of allylic oxidation sites excluding steroid dienone is 2. The van der Waals surface area contributed by atoms with E-state index in [2.05, 4.69) is 30.5 Å². The average molecular weight is 745 g/mol. The van der Waals surface area contributed by atoms with Crippen LogP contribution in [0, 0.1) is 0 Å². The highest BCUT2D eigenvalue weighted by Gasteiger charge is 2.22. The molecular weight excluding hydrogens is 663 g/mol. The molecule has 8 nitrogen and oxygen atoms in total. The SMILES string of the molecule is CCCCC/C=C/CCCCCCCC(=O)O[C@H](COC(=O)CCCCCCCCCCCCCCCCCCCCCCC)COP(=O)(O)O. The summed E-state index contributed by atoms with van der Waals surface area (Å²) in [6.07, 6.45) is 42.3. The third-order valence-electron chi connectivity index (χ3n) is 9.53. The van der Waals surface area contributed by atoms with Crippen LogP contribution in [0.15, 0.2) is 12.2 Å². The topological polar surface area (TPSA) is 119 Å². The summed E-state index contributed by atoms with van der Waals surface area (Å²) in [5.74, 6) is -0.884. The fraction of sp³-hybridized carbons (Fsp3) is 0.905. The highest BCUT2D eigenvalue weighted by Crippen LogP contribution is 2.36. The van der Waals surface area contributed by atoms with Crippen molar-refractivity contribution >= 4 is 19.8 Å². The van der Waals surface area contributed by atoms with Gasteiger partial charge in [0.15, 0.2) is 6.10 Å². The molecule has 9 heteroatoms. The number of rotatable bonds is 40. The Kier molecular flexibility index (Phi) is 37.6. The molecule has 51 heavy (non-hydrogen) atoms. The van der Waals surface area contributed by atoms with Crippen LogP contribution in [0.25, 0.3) is 0 Å². The first-order valence-electron chi connectivity index (χ1n) is 21.5. The molecule has 0 unspecified atom stereocenters. The van der Waals surface area contributed by atoms with Crippen LogP contribution in [0.3, 0.4) is 0 Å². The molecule has 0 aromatic rings. The number of hydrogen-bond donors (Lipinski definition) is 2. The van der Waals surface area contributed by atoms with Crippen LogP contribution in [-0.4, -0.2) is 41.0 Å². The van der Waals surface area contributed by atoms with E-state index in [-0.39, 0.29) is 19.4 Å². The number of carbonyl (C=O) groups excluding carboxylic acids is 2. The Labute approximate surface area is 314 Å². The summed E-state index contributed by atoms with van der Waals surface area (Å²) >= 11 is 0. The first-order chi connectivity index (χ1) is 24.8. The molecule has 0 bridgehead atoms. The van der Waals surface area contributed by atoms with Crippen LogP contribution in [0.5, 0.6) is 0 Å². The van der Waals surface area contributed by atoms with Gasteiger partial charge in [-0.25, -0.2) is 4.57 Å². The maximum Gasteiger partial charge on any atom is 0.469 e. The van der Waals surface area contributed by atoms with Crippen molar-refractivity contribution in [1.82, 2.24) is 0 Å². The summed E-state index contributed by atoms with van der Waals surface area (Å²) in [6.45, 7) is 3.67. The van der Waals surface area contributed by atoms with Gasteiger partial charge in [-0.3, -0.25) is 14.1 Å². The van der Waals surface area contributed by atoms with E-state index >= 15 is 0 Å². The molecule has 0 saturated heterocycles. The fourth-order valence-corrected chi connectivity index (χ4v) is 6.67. The van der Waals surface area contributed by atoms with Gasteiger partial charge in [0.05, 0.1) is 6.61 Å². The van der Waals surface area contributed by atoms with Crippen molar-refractivity contribution in [2.24, 2.45) is 0 Å². The number of phosphoric ester groups is 1. The lowest BCUT2D eigenvalue weighted by Crippen LogP contribution is -2.29. The van der Waals surface area contributed by atoms with Gasteiger partial charge >= 0.3 is 19.8 Å².